The van der Waals surface area contributed by atoms with E-state index < -0.39 is 0 Å². The van der Waals surface area contributed by atoms with Crippen LogP contribution in [0.4, 0.5) is 0 Å². The minimum atomic E-state index is 0.713. The van der Waals surface area contributed by atoms with Crippen LogP contribution in [0.2, 0.25) is 6.82 Å². The van der Waals surface area contributed by atoms with E-state index in [0.29, 0.717) is 6.04 Å². The van der Waals surface area contributed by atoms with Gasteiger partial charge in [0.15, 0.2) is 0 Å². The van der Waals surface area contributed by atoms with E-state index in [4.69, 9.17) is 0 Å². The highest BCUT2D eigenvalue weighted by molar-refractivity contribution is 6.29. The van der Waals surface area contributed by atoms with Crippen LogP contribution in [0.3, 0.4) is 0 Å². The molecule has 59 valence electrons. The Balaban J connectivity index is 3.56. The predicted molar refractivity (Wildman–Crippen MR) is 48.4 cm³/mol. The Kier molecular flexibility index (Phi) is 5.80. The van der Waals surface area contributed by atoms with Crippen LogP contribution in [0, 0.1) is 0 Å². The number of nitrogens with zero attached hydrogens (tertiary/aromatic N) is 1. The lowest BCUT2D eigenvalue weighted by atomic mass is 9.92. The van der Waals surface area contributed by atoms with E-state index in [1.54, 1.807) is 0 Å². The third-order valence-corrected chi connectivity index (χ3v) is 1.97. The van der Waals surface area contributed by atoms with Crippen molar-refractivity contribution in [3.05, 3.63) is 0 Å². The maximum Gasteiger partial charge on any atom is 0.205 e. The third-order valence-electron chi connectivity index (χ3n) is 1.97. The maximum absolute atomic E-state index is 2.40. The molecule has 1 nitrogen and oxygen atoms in total. The lowest BCUT2D eigenvalue weighted by Gasteiger charge is -2.25. The fraction of sp³-hybridized carbons (Fsp3) is 1.00. The summed E-state index contributed by atoms with van der Waals surface area (Å²) < 4.78 is 0. The van der Waals surface area contributed by atoms with Gasteiger partial charge in [-0.2, -0.15) is 0 Å². The van der Waals surface area contributed by atoms with Crippen molar-refractivity contribution in [1.82, 2.24) is 4.81 Å². The molecule has 0 aliphatic carbocycles. The van der Waals surface area contributed by atoms with E-state index in [-0.39, 0.29) is 0 Å². The molecule has 0 rings (SSSR count). The molecule has 0 bridgehead atoms. The van der Waals surface area contributed by atoms with Gasteiger partial charge >= 0.3 is 0 Å². The molecule has 0 saturated heterocycles. The zero-order chi connectivity index (χ0) is 7.98. The van der Waals surface area contributed by atoms with Crippen molar-refractivity contribution in [2.45, 2.75) is 46.5 Å². The van der Waals surface area contributed by atoms with Crippen LogP contribution in [0.5, 0.6) is 0 Å². The van der Waals surface area contributed by atoms with Crippen LogP contribution in [0.25, 0.3) is 0 Å². The summed E-state index contributed by atoms with van der Waals surface area (Å²) in [5, 5.41) is 0. The van der Waals surface area contributed by atoms with E-state index in [1.165, 1.54) is 19.4 Å². The van der Waals surface area contributed by atoms with Crippen LogP contribution in [-0.2, 0) is 0 Å². The van der Waals surface area contributed by atoms with Crippen molar-refractivity contribution in [2.75, 3.05) is 6.54 Å². The van der Waals surface area contributed by atoms with Crippen molar-refractivity contribution in [1.29, 1.82) is 0 Å². The van der Waals surface area contributed by atoms with Crippen molar-refractivity contribution in [3.8, 4) is 0 Å². The summed E-state index contributed by atoms with van der Waals surface area (Å²) in [6.07, 6.45) is 2.49. The smallest absolute Gasteiger partial charge is 0.205 e. The minimum Gasteiger partial charge on any atom is -0.345 e. The first kappa shape index (κ1) is 10.0. The zero-order valence-corrected chi connectivity index (χ0v) is 7.72. The van der Waals surface area contributed by atoms with Crippen LogP contribution < -0.4 is 0 Å². The van der Waals surface area contributed by atoms with E-state index in [2.05, 4.69) is 39.8 Å². The second-order valence-electron chi connectivity index (χ2n) is 2.75. The van der Waals surface area contributed by atoms with Crippen molar-refractivity contribution >= 4 is 7.41 Å². The Bertz CT molecular complexity index is 75.7. The second-order valence-corrected chi connectivity index (χ2v) is 2.75. The van der Waals surface area contributed by atoms with Gasteiger partial charge in [0.05, 0.1) is 0 Å². The average Bonchev–Trinajstić information content (AvgIpc) is 1.99. The number of hydrogen-bond acceptors (Lipinski definition) is 1. The molecule has 1 unspecified atom stereocenters. The van der Waals surface area contributed by atoms with E-state index in [1.807, 2.05) is 0 Å². The molecular weight excluding hydrogens is 121 g/mol. The summed E-state index contributed by atoms with van der Waals surface area (Å²) in [5.41, 5.74) is 0. The standard InChI is InChI=1S/C8H19BN/c1-5-7-10(9-4)8(3)6-2/h8H,5-7H2,1-4H3. The molecule has 0 N–H and O–H groups in total. The molecule has 0 aromatic heterocycles. The molecular formula is C8H19BN. The van der Waals surface area contributed by atoms with Crippen LogP contribution in [-0.4, -0.2) is 24.8 Å². The van der Waals surface area contributed by atoms with E-state index >= 15 is 0 Å². The van der Waals surface area contributed by atoms with Crippen molar-refractivity contribution in [2.24, 2.45) is 0 Å². The molecule has 1 radical (unpaired) electrons. The normalized spacial score (nSPS) is 13.7. The molecule has 1 atom stereocenters. The third kappa shape index (κ3) is 3.26. The van der Waals surface area contributed by atoms with Gasteiger partial charge in [0, 0.05) is 0 Å². The van der Waals surface area contributed by atoms with Crippen LogP contribution >= 0.6 is 0 Å². The van der Waals surface area contributed by atoms with Gasteiger partial charge in [-0.15, -0.1) is 0 Å². The summed E-state index contributed by atoms with van der Waals surface area (Å²) in [7, 11) is 2.19. The first-order chi connectivity index (χ1) is 4.76. The monoisotopic (exact) mass is 140 g/mol. The maximum atomic E-state index is 2.40. The highest BCUT2D eigenvalue weighted by atomic mass is 15.1. The Morgan fingerprint density at radius 1 is 1.40 bits per heavy atom. The molecule has 2 heteroatoms. The first-order valence-corrected chi connectivity index (χ1v) is 4.31. The van der Waals surface area contributed by atoms with E-state index in [0.717, 1.165) is 0 Å². The highest BCUT2D eigenvalue weighted by Crippen LogP contribution is 2.01. The molecule has 0 saturated carbocycles. The number of hydrogen-bond donors (Lipinski definition) is 0. The molecule has 0 amide bonds. The fourth-order valence-corrected chi connectivity index (χ4v) is 1.10. The molecule has 0 aromatic rings. The zero-order valence-electron chi connectivity index (χ0n) is 7.72. The summed E-state index contributed by atoms with van der Waals surface area (Å²) in [6, 6.07) is 0.713. The minimum absolute atomic E-state index is 0.713. The Morgan fingerprint density at radius 3 is 2.30 bits per heavy atom. The first-order valence-electron chi connectivity index (χ1n) is 4.31. The molecule has 0 heterocycles. The van der Waals surface area contributed by atoms with Crippen LogP contribution in [0.15, 0.2) is 0 Å². The average molecular weight is 140 g/mol. The summed E-state index contributed by atoms with van der Waals surface area (Å²) in [6.45, 7) is 10.0. The SMILES string of the molecule is C[B]N(CCC)C(C)CC. The van der Waals surface area contributed by atoms with Gasteiger partial charge in [-0.1, -0.05) is 27.6 Å². The summed E-state index contributed by atoms with van der Waals surface area (Å²) >= 11 is 0. The topological polar surface area (TPSA) is 3.24 Å². The van der Waals surface area contributed by atoms with Crippen LogP contribution in [0.1, 0.15) is 33.6 Å². The second kappa shape index (κ2) is 5.78. The largest absolute Gasteiger partial charge is 0.345 e. The van der Waals surface area contributed by atoms with Gasteiger partial charge in [0.2, 0.25) is 7.41 Å². The van der Waals surface area contributed by atoms with Crippen molar-refractivity contribution < 1.29 is 0 Å². The molecule has 0 fully saturated rings. The molecule has 0 aromatic carbocycles. The van der Waals surface area contributed by atoms with Gasteiger partial charge in [-0.3, -0.25) is 0 Å². The van der Waals surface area contributed by atoms with Crippen molar-refractivity contribution in [3.63, 3.8) is 0 Å². The molecule has 0 spiro atoms. The number of rotatable bonds is 5. The van der Waals surface area contributed by atoms with Gasteiger partial charge in [0.25, 0.3) is 0 Å². The molecule has 0 aliphatic rings. The summed E-state index contributed by atoms with van der Waals surface area (Å²) in [4.78, 5) is 2.40. The van der Waals surface area contributed by atoms with Gasteiger partial charge in [-0.05, 0) is 25.4 Å². The van der Waals surface area contributed by atoms with Gasteiger partial charge in [0.1, 0.15) is 0 Å². The lowest BCUT2D eigenvalue weighted by molar-refractivity contribution is 0.343. The fourth-order valence-electron chi connectivity index (χ4n) is 1.10. The Labute approximate surface area is 66.1 Å². The highest BCUT2D eigenvalue weighted by Gasteiger charge is 2.07. The molecule has 10 heavy (non-hydrogen) atoms. The van der Waals surface area contributed by atoms with Gasteiger partial charge in [-0.25, -0.2) is 0 Å². The Hall–Kier alpha value is 0.0249. The van der Waals surface area contributed by atoms with Gasteiger partial charge < -0.3 is 4.81 Å². The van der Waals surface area contributed by atoms with E-state index in [9.17, 15) is 0 Å². The predicted octanol–water partition coefficient (Wildman–Crippen LogP) is 2.16. The summed E-state index contributed by atoms with van der Waals surface area (Å²) in [5.74, 6) is 0. The molecule has 0 aliphatic heterocycles. The quantitative estimate of drug-likeness (QED) is 0.529. The lowest BCUT2D eigenvalue weighted by Crippen LogP contribution is -2.35. The Morgan fingerprint density at radius 2 is 2.00 bits per heavy atom.